The first-order valence-corrected chi connectivity index (χ1v) is 3.69. The number of hydrogen-bond donors (Lipinski definition) is 0. The van der Waals surface area contributed by atoms with Crippen molar-refractivity contribution in [3.8, 4) is 0 Å². The quantitative estimate of drug-likeness (QED) is 0.351. The Morgan fingerprint density at radius 1 is 1.77 bits per heavy atom. The molecule has 1 aliphatic rings. The molecule has 5 nitrogen and oxygen atoms in total. The van der Waals surface area contributed by atoms with Crippen LogP contribution in [-0.4, -0.2) is 30.9 Å². The van der Waals surface area contributed by atoms with Crippen molar-refractivity contribution >= 4 is 7.85 Å². The lowest BCUT2D eigenvalue weighted by Gasteiger charge is -2.28. The summed E-state index contributed by atoms with van der Waals surface area (Å²) in [6.45, 7) is 1.61. The van der Waals surface area contributed by atoms with Crippen molar-refractivity contribution in [3.05, 3.63) is 33.7 Å². The van der Waals surface area contributed by atoms with Crippen molar-refractivity contribution in [1.82, 2.24) is 5.06 Å². The number of hydrogen-bond acceptors (Lipinski definition) is 4. The van der Waals surface area contributed by atoms with Gasteiger partial charge in [-0.2, -0.15) is 0 Å². The summed E-state index contributed by atoms with van der Waals surface area (Å²) in [5.41, 5.74) is 0.509. The summed E-state index contributed by atoms with van der Waals surface area (Å²) in [5.74, 6) is -0.588. The van der Waals surface area contributed by atoms with Gasteiger partial charge in [-0.25, -0.2) is 0 Å². The van der Waals surface area contributed by atoms with Gasteiger partial charge in [0.2, 0.25) is 0 Å². The molecule has 1 unspecified atom stereocenters. The fourth-order valence-corrected chi connectivity index (χ4v) is 1.09. The van der Waals surface area contributed by atoms with Gasteiger partial charge in [-0.15, -0.1) is 0 Å². The Bertz CT molecular complexity index is 287. The van der Waals surface area contributed by atoms with Crippen LogP contribution in [0.1, 0.15) is 6.92 Å². The summed E-state index contributed by atoms with van der Waals surface area (Å²) in [5, 5.41) is 11.8. The van der Waals surface area contributed by atoms with Gasteiger partial charge in [0.1, 0.15) is 7.85 Å². The van der Waals surface area contributed by atoms with E-state index in [-0.39, 0.29) is 5.70 Å². The molecule has 0 aromatic rings. The Kier molecular flexibility index (Phi) is 2.72. The maximum absolute atomic E-state index is 10.5. The third kappa shape index (κ3) is 1.72. The van der Waals surface area contributed by atoms with Crippen LogP contribution in [0, 0.1) is 10.1 Å². The molecule has 6 heteroatoms. The van der Waals surface area contributed by atoms with E-state index in [1.54, 1.807) is 6.92 Å². The van der Waals surface area contributed by atoms with E-state index < -0.39 is 10.9 Å². The van der Waals surface area contributed by atoms with Gasteiger partial charge in [0.25, 0.3) is 5.70 Å². The predicted octanol–water partition coefficient (Wildman–Crippen LogP) is 0.422. The van der Waals surface area contributed by atoms with Gasteiger partial charge in [0.15, 0.2) is 0 Å². The Labute approximate surface area is 77.2 Å². The fourth-order valence-electron chi connectivity index (χ4n) is 1.09. The zero-order valence-electron chi connectivity index (χ0n) is 7.43. The molecule has 0 aromatic carbocycles. The molecule has 1 rings (SSSR count). The number of nitro groups is 1. The first-order valence-electron chi connectivity index (χ1n) is 3.69. The third-order valence-corrected chi connectivity index (χ3v) is 1.91. The summed E-state index contributed by atoms with van der Waals surface area (Å²) < 4.78 is 0. The number of rotatable bonds is 2. The number of allylic oxidation sites excluding steroid dienone is 1. The monoisotopic (exact) mass is 180 g/mol. The van der Waals surface area contributed by atoms with Crippen molar-refractivity contribution < 1.29 is 9.76 Å². The van der Waals surface area contributed by atoms with Crippen molar-refractivity contribution in [2.24, 2.45) is 0 Å². The normalized spacial score (nSPS) is 22.3. The molecular formula is C7H9BN2O3. The van der Waals surface area contributed by atoms with Gasteiger partial charge in [-0.3, -0.25) is 20.0 Å². The Hall–Kier alpha value is -1.30. The Balaban J connectivity index is 2.96. The van der Waals surface area contributed by atoms with Crippen LogP contribution in [0.15, 0.2) is 23.5 Å². The van der Waals surface area contributed by atoms with Gasteiger partial charge < -0.3 is 0 Å². The second kappa shape index (κ2) is 3.61. The highest BCUT2D eigenvalue weighted by Crippen LogP contribution is 2.19. The number of hydroxylamine groups is 2. The molecule has 0 aliphatic carbocycles. The van der Waals surface area contributed by atoms with Crippen LogP contribution in [0.3, 0.4) is 0 Å². The van der Waals surface area contributed by atoms with Crippen LogP contribution in [0.25, 0.3) is 0 Å². The molecule has 2 radical (unpaired) electrons. The van der Waals surface area contributed by atoms with Gasteiger partial charge in [0.05, 0.1) is 12.0 Å². The maximum Gasteiger partial charge on any atom is 0.271 e. The van der Waals surface area contributed by atoms with E-state index in [9.17, 15) is 10.1 Å². The highest BCUT2D eigenvalue weighted by molar-refractivity contribution is 6.13. The lowest BCUT2D eigenvalue weighted by atomic mass is 9.86. The highest BCUT2D eigenvalue weighted by atomic mass is 16.7. The van der Waals surface area contributed by atoms with Gasteiger partial charge in [0, 0.05) is 23.8 Å². The first kappa shape index (κ1) is 9.79. The van der Waals surface area contributed by atoms with Crippen molar-refractivity contribution in [3.63, 3.8) is 0 Å². The zero-order chi connectivity index (χ0) is 10.0. The van der Waals surface area contributed by atoms with Crippen molar-refractivity contribution in [2.45, 2.75) is 12.9 Å². The zero-order valence-corrected chi connectivity index (χ0v) is 7.43. The van der Waals surface area contributed by atoms with Crippen molar-refractivity contribution in [1.29, 1.82) is 0 Å². The molecule has 0 fully saturated rings. The molecule has 68 valence electrons. The molecule has 0 spiro atoms. The summed E-state index contributed by atoms with van der Waals surface area (Å²) in [7, 11) is 7.10. The van der Waals surface area contributed by atoms with Crippen LogP contribution in [0.2, 0.25) is 0 Å². The molecule has 13 heavy (non-hydrogen) atoms. The average Bonchev–Trinajstić information content (AvgIpc) is 2.09. The molecule has 1 heterocycles. The minimum absolute atomic E-state index is 0.0285. The largest absolute Gasteiger partial charge is 0.278 e. The molecule has 1 atom stereocenters. The average molecular weight is 180 g/mol. The van der Waals surface area contributed by atoms with Crippen LogP contribution in [0.4, 0.5) is 0 Å². The lowest BCUT2D eigenvalue weighted by Crippen LogP contribution is -2.34. The minimum atomic E-state index is -0.588. The van der Waals surface area contributed by atoms with Crippen LogP contribution in [0.5, 0.6) is 0 Å². The molecular weight excluding hydrogens is 171 g/mol. The third-order valence-electron chi connectivity index (χ3n) is 1.91. The molecule has 0 aromatic heterocycles. The Morgan fingerprint density at radius 3 is 2.85 bits per heavy atom. The second-order valence-electron chi connectivity index (χ2n) is 2.63. The standard InChI is InChI=1S/C7H9BN2O3/c1-5-6(10(11)12)3-4-9(13-2)7(5)8/h3-4,7H,1-2H3. The number of nitrogens with zero attached hydrogens (tertiary/aromatic N) is 2. The maximum atomic E-state index is 10.5. The van der Waals surface area contributed by atoms with E-state index in [4.69, 9.17) is 12.7 Å². The minimum Gasteiger partial charge on any atom is -0.278 e. The van der Waals surface area contributed by atoms with E-state index in [2.05, 4.69) is 0 Å². The molecule has 0 saturated heterocycles. The summed E-state index contributed by atoms with van der Waals surface area (Å²) in [6, 6.07) is 0. The predicted molar refractivity (Wildman–Crippen MR) is 47.2 cm³/mol. The van der Waals surface area contributed by atoms with E-state index >= 15 is 0 Å². The van der Waals surface area contributed by atoms with Gasteiger partial charge in [-0.1, -0.05) is 0 Å². The van der Waals surface area contributed by atoms with Gasteiger partial charge >= 0.3 is 0 Å². The molecule has 1 aliphatic heterocycles. The van der Waals surface area contributed by atoms with Crippen LogP contribution >= 0.6 is 0 Å². The fraction of sp³-hybridized carbons (Fsp3) is 0.429. The Morgan fingerprint density at radius 2 is 2.38 bits per heavy atom. The summed E-state index contributed by atoms with van der Waals surface area (Å²) >= 11 is 0. The smallest absolute Gasteiger partial charge is 0.271 e. The molecule has 0 N–H and O–H groups in total. The van der Waals surface area contributed by atoms with Gasteiger partial charge in [-0.05, 0) is 6.92 Å². The van der Waals surface area contributed by atoms with E-state index in [1.165, 1.54) is 24.4 Å². The SMILES string of the molecule is [B]C1C(C)=C([N+](=O)[O-])C=CN1OC. The van der Waals surface area contributed by atoms with E-state index in [0.29, 0.717) is 5.57 Å². The lowest BCUT2D eigenvalue weighted by molar-refractivity contribution is -0.421. The molecule has 0 saturated carbocycles. The van der Waals surface area contributed by atoms with Crippen molar-refractivity contribution in [2.75, 3.05) is 7.11 Å². The topological polar surface area (TPSA) is 55.6 Å². The molecule has 0 bridgehead atoms. The summed E-state index contributed by atoms with van der Waals surface area (Å²) in [6.07, 6.45) is 2.80. The van der Waals surface area contributed by atoms with Crippen LogP contribution < -0.4 is 0 Å². The molecule has 0 amide bonds. The first-order chi connectivity index (χ1) is 6.07. The van der Waals surface area contributed by atoms with E-state index in [1.807, 2.05) is 0 Å². The highest BCUT2D eigenvalue weighted by Gasteiger charge is 2.24. The van der Waals surface area contributed by atoms with Crippen LogP contribution in [-0.2, 0) is 4.84 Å². The van der Waals surface area contributed by atoms with E-state index in [0.717, 1.165) is 0 Å². The second-order valence-corrected chi connectivity index (χ2v) is 2.63. The summed E-state index contributed by atoms with van der Waals surface area (Å²) in [4.78, 5) is 14.9.